The Morgan fingerprint density at radius 3 is 2.38 bits per heavy atom. The van der Waals surface area contributed by atoms with Crippen LogP contribution in [0.4, 0.5) is 0 Å². The van der Waals surface area contributed by atoms with Gasteiger partial charge in [0.25, 0.3) is 0 Å². The summed E-state index contributed by atoms with van der Waals surface area (Å²) >= 11 is 0. The first kappa shape index (κ1) is 15.2. The number of benzene rings is 2. The number of likely N-dealkylation sites (N-methyl/N-ethyl adjacent to an activating group) is 1. The summed E-state index contributed by atoms with van der Waals surface area (Å²) in [6.45, 7) is 1.52. The van der Waals surface area contributed by atoms with Crippen LogP contribution in [0.3, 0.4) is 0 Å². The second-order valence-corrected chi connectivity index (χ2v) is 5.01. The van der Waals surface area contributed by atoms with Crippen LogP contribution >= 0.6 is 0 Å². The Morgan fingerprint density at radius 1 is 1.10 bits per heavy atom. The zero-order chi connectivity index (χ0) is 15.2. The van der Waals surface area contributed by atoms with Gasteiger partial charge in [-0.3, -0.25) is 4.90 Å². The van der Waals surface area contributed by atoms with E-state index in [1.807, 2.05) is 48.3 Å². The molecule has 4 heteroatoms. The Bertz CT molecular complexity index is 608. The van der Waals surface area contributed by atoms with E-state index in [4.69, 9.17) is 5.11 Å². The number of aliphatic hydroxyl groups excluding tert-OH is 1. The van der Waals surface area contributed by atoms with Gasteiger partial charge in [-0.2, -0.15) is 0 Å². The lowest BCUT2D eigenvalue weighted by Crippen LogP contribution is -2.21. The second kappa shape index (κ2) is 7.02. The molecule has 0 aliphatic carbocycles. The maximum Gasteiger partial charge on any atom is 0.336 e. The van der Waals surface area contributed by atoms with Gasteiger partial charge in [0.1, 0.15) is 0 Å². The SMILES string of the molecule is CN(CCO)Cc1ccc(-c2ccccc2C(=O)O)cc1. The fourth-order valence-electron chi connectivity index (χ4n) is 2.27. The number of hydrogen-bond acceptors (Lipinski definition) is 3. The molecule has 0 aliphatic rings. The van der Waals surface area contributed by atoms with Crippen molar-refractivity contribution in [1.29, 1.82) is 0 Å². The van der Waals surface area contributed by atoms with Crippen LogP contribution in [0.15, 0.2) is 48.5 Å². The molecule has 0 amide bonds. The summed E-state index contributed by atoms with van der Waals surface area (Å²) in [7, 11) is 1.95. The highest BCUT2D eigenvalue weighted by Crippen LogP contribution is 2.24. The lowest BCUT2D eigenvalue weighted by molar-refractivity contribution is 0.0697. The van der Waals surface area contributed by atoms with Crippen molar-refractivity contribution in [2.24, 2.45) is 0 Å². The van der Waals surface area contributed by atoms with Crippen molar-refractivity contribution in [2.45, 2.75) is 6.54 Å². The second-order valence-electron chi connectivity index (χ2n) is 5.01. The molecule has 0 saturated heterocycles. The normalized spacial score (nSPS) is 10.8. The van der Waals surface area contributed by atoms with E-state index >= 15 is 0 Å². The molecule has 0 fully saturated rings. The average molecular weight is 285 g/mol. The molecular formula is C17H19NO3. The van der Waals surface area contributed by atoms with E-state index in [0.29, 0.717) is 12.1 Å². The van der Waals surface area contributed by atoms with E-state index in [2.05, 4.69) is 0 Å². The molecule has 2 N–H and O–H groups in total. The standard InChI is InChI=1S/C17H19NO3/c1-18(10-11-19)12-13-6-8-14(9-7-13)15-4-2-3-5-16(15)17(20)21/h2-9,19H,10-12H2,1H3,(H,20,21). The number of carboxylic acids is 1. The summed E-state index contributed by atoms with van der Waals surface area (Å²) in [4.78, 5) is 13.3. The van der Waals surface area contributed by atoms with E-state index in [1.165, 1.54) is 0 Å². The number of nitrogens with zero attached hydrogens (tertiary/aromatic N) is 1. The highest BCUT2D eigenvalue weighted by atomic mass is 16.4. The minimum atomic E-state index is -0.919. The van der Waals surface area contributed by atoms with E-state index in [0.717, 1.165) is 23.2 Å². The zero-order valence-electron chi connectivity index (χ0n) is 12.0. The third kappa shape index (κ3) is 3.90. The van der Waals surface area contributed by atoms with Crippen LogP contribution in [0.25, 0.3) is 11.1 Å². The summed E-state index contributed by atoms with van der Waals surface area (Å²) in [6.07, 6.45) is 0. The van der Waals surface area contributed by atoms with Gasteiger partial charge < -0.3 is 10.2 Å². The van der Waals surface area contributed by atoms with Gasteiger partial charge in [-0.05, 0) is 29.8 Å². The summed E-state index contributed by atoms with van der Waals surface area (Å²) in [5.74, 6) is -0.919. The van der Waals surface area contributed by atoms with Crippen LogP contribution in [-0.2, 0) is 6.54 Å². The maximum atomic E-state index is 11.2. The molecule has 21 heavy (non-hydrogen) atoms. The van der Waals surface area contributed by atoms with Crippen molar-refractivity contribution in [1.82, 2.24) is 4.90 Å². The zero-order valence-corrected chi connectivity index (χ0v) is 12.0. The number of rotatable bonds is 6. The topological polar surface area (TPSA) is 60.8 Å². The van der Waals surface area contributed by atoms with E-state index in [9.17, 15) is 9.90 Å². The summed E-state index contributed by atoms with van der Waals surface area (Å²) < 4.78 is 0. The van der Waals surface area contributed by atoms with E-state index < -0.39 is 5.97 Å². The molecule has 0 atom stereocenters. The predicted molar refractivity (Wildman–Crippen MR) is 82.3 cm³/mol. The summed E-state index contributed by atoms with van der Waals surface area (Å²) in [5.41, 5.74) is 3.05. The largest absolute Gasteiger partial charge is 0.478 e. The van der Waals surface area contributed by atoms with E-state index in [-0.39, 0.29) is 6.61 Å². The Kier molecular flexibility index (Phi) is 5.09. The number of aliphatic hydroxyl groups is 1. The minimum absolute atomic E-state index is 0.139. The van der Waals surface area contributed by atoms with E-state index in [1.54, 1.807) is 12.1 Å². The van der Waals surface area contributed by atoms with Crippen molar-refractivity contribution in [3.8, 4) is 11.1 Å². The van der Waals surface area contributed by atoms with Crippen molar-refractivity contribution in [2.75, 3.05) is 20.2 Å². The van der Waals surface area contributed by atoms with Crippen LogP contribution < -0.4 is 0 Å². The summed E-state index contributed by atoms with van der Waals surface area (Å²) in [6, 6.07) is 14.8. The molecule has 0 heterocycles. The Labute approximate surface area is 124 Å². The van der Waals surface area contributed by atoms with Crippen LogP contribution in [0.5, 0.6) is 0 Å². The maximum absolute atomic E-state index is 11.2. The number of carbonyl (C=O) groups is 1. The molecule has 2 rings (SSSR count). The van der Waals surface area contributed by atoms with Gasteiger partial charge in [0.2, 0.25) is 0 Å². The van der Waals surface area contributed by atoms with Crippen molar-refractivity contribution in [3.05, 3.63) is 59.7 Å². The summed E-state index contributed by atoms with van der Waals surface area (Å²) in [5, 5.41) is 18.1. The number of carboxylic acid groups (broad SMARTS) is 1. The van der Waals surface area contributed by atoms with Gasteiger partial charge in [-0.15, -0.1) is 0 Å². The third-order valence-electron chi connectivity index (χ3n) is 3.36. The van der Waals surface area contributed by atoms with Gasteiger partial charge in [0.05, 0.1) is 12.2 Å². The molecule has 2 aromatic carbocycles. The van der Waals surface area contributed by atoms with Crippen molar-refractivity contribution < 1.29 is 15.0 Å². The van der Waals surface area contributed by atoms with Gasteiger partial charge in [0, 0.05) is 13.1 Å². The Balaban J connectivity index is 2.21. The lowest BCUT2D eigenvalue weighted by Gasteiger charge is -2.15. The molecule has 0 radical (unpaired) electrons. The smallest absolute Gasteiger partial charge is 0.336 e. The predicted octanol–water partition coefficient (Wildman–Crippen LogP) is 2.48. The number of hydrogen-bond donors (Lipinski definition) is 2. The monoisotopic (exact) mass is 285 g/mol. The number of aromatic carboxylic acids is 1. The quantitative estimate of drug-likeness (QED) is 0.856. The third-order valence-corrected chi connectivity index (χ3v) is 3.36. The molecule has 2 aromatic rings. The molecule has 0 bridgehead atoms. The van der Waals surface area contributed by atoms with Crippen LogP contribution in [-0.4, -0.2) is 41.3 Å². The molecule has 0 unspecified atom stereocenters. The van der Waals surface area contributed by atoms with Crippen molar-refractivity contribution in [3.63, 3.8) is 0 Å². The molecule has 0 aromatic heterocycles. The fraction of sp³-hybridized carbons (Fsp3) is 0.235. The van der Waals surface area contributed by atoms with Gasteiger partial charge in [-0.25, -0.2) is 4.79 Å². The van der Waals surface area contributed by atoms with Gasteiger partial charge in [0.15, 0.2) is 0 Å². The molecule has 4 nitrogen and oxygen atoms in total. The van der Waals surface area contributed by atoms with Gasteiger partial charge in [-0.1, -0.05) is 42.5 Å². The lowest BCUT2D eigenvalue weighted by atomic mass is 9.99. The Hall–Kier alpha value is -2.17. The first-order valence-electron chi connectivity index (χ1n) is 6.83. The van der Waals surface area contributed by atoms with Crippen LogP contribution in [0.2, 0.25) is 0 Å². The molecular weight excluding hydrogens is 266 g/mol. The Morgan fingerprint density at radius 2 is 1.76 bits per heavy atom. The molecule has 110 valence electrons. The molecule has 0 spiro atoms. The first-order valence-corrected chi connectivity index (χ1v) is 6.83. The average Bonchev–Trinajstić information content (AvgIpc) is 2.48. The fourth-order valence-corrected chi connectivity index (χ4v) is 2.27. The van der Waals surface area contributed by atoms with Crippen LogP contribution in [0, 0.1) is 0 Å². The van der Waals surface area contributed by atoms with Gasteiger partial charge >= 0.3 is 5.97 Å². The highest BCUT2D eigenvalue weighted by molar-refractivity contribution is 5.95. The first-order chi connectivity index (χ1) is 10.1. The minimum Gasteiger partial charge on any atom is -0.478 e. The van der Waals surface area contributed by atoms with Crippen LogP contribution in [0.1, 0.15) is 15.9 Å². The highest BCUT2D eigenvalue weighted by Gasteiger charge is 2.10. The molecule has 0 saturated carbocycles. The molecule has 0 aliphatic heterocycles. The van der Waals surface area contributed by atoms with Crippen molar-refractivity contribution >= 4 is 5.97 Å².